The summed E-state index contributed by atoms with van der Waals surface area (Å²) in [5.41, 5.74) is 3.75. The minimum absolute atomic E-state index is 0.187. The molecule has 0 radical (unpaired) electrons. The van der Waals surface area contributed by atoms with Crippen LogP contribution in [0, 0.1) is 13.8 Å². The minimum Gasteiger partial charge on any atom is -0.426 e. The average molecular weight is 499 g/mol. The van der Waals surface area contributed by atoms with E-state index in [2.05, 4.69) is 53.7 Å². The van der Waals surface area contributed by atoms with Crippen molar-refractivity contribution in [3.8, 4) is 11.5 Å². The zero-order valence-electron chi connectivity index (χ0n) is 23.2. The molecule has 5 heteroatoms. The summed E-state index contributed by atoms with van der Waals surface area (Å²) in [4.78, 5) is 26.7. The molecule has 0 heterocycles. The molecular formula is C30H42O4S. The van der Waals surface area contributed by atoms with Gasteiger partial charge in [-0.05, 0) is 72.9 Å². The second-order valence-corrected chi connectivity index (χ2v) is 12.4. The topological polar surface area (TPSA) is 52.6 Å². The molecule has 0 N–H and O–H groups in total. The molecule has 0 saturated heterocycles. The van der Waals surface area contributed by atoms with Gasteiger partial charge in [-0.2, -0.15) is 0 Å². The molecule has 2 aromatic rings. The van der Waals surface area contributed by atoms with Crippen molar-refractivity contribution >= 4 is 23.7 Å². The molecule has 0 aliphatic rings. The summed E-state index contributed by atoms with van der Waals surface area (Å²) in [5, 5.41) is 0. The van der Waals surface area contributed by atoms with Gasteiger partial charge in [0.05, 0.1) is 0 Å². The van der Waals surface area contributed by atoms with Crippen LogP contribution in [0.3, 0.4) is 0 Å². The summed E-state index contributed by atoms with van der Waals surface area (Å²) in [6.45, 7) is 20.8. The van der Waals surface area contributed by atoms with E-state index in [0.717, 1.165) is 44.9 Å². The van der Waals surface area contributed by atoms with Gasteiger partial charge in [0.1, 0.15) is 11.5 Å². The predicted octanol–water partition coefficient (Wildman–Crippen LogP) is 8.46. The van der Waals surface area contributed by atoms with Crippen molar-refractivity contribution in [2.45, 2.75) is 116 Å². The van der Waals surface area contributed by atoms with Crippen molar-refractivity contribution < 1.29 is 19.1 Å². The van der Waals surface area contributed by atoms with Crippen LogP contribution >= 0.6 is 11.8 Å². The summed E-state index contributed by atoms with van der Waals surface area (Å²) in [5.74, 6) is 0.888. The molecule has 4 nitrogen and oxygen atoms in total. The number of ether oxygens (including phenoxy) is 2. The molecule has 0 unspecified atom stereocenters. The molecule has 0 amide bonds. The van der Waals surface area contributed by atoms with Gasteiger partial charge in [0.15, 0.2) is 0 Å². The Morgan fingerprint density at radius 3 is 1.31 bits per heavy atom. The van der Waals surface area contributed by atoms with Crippen molar-refractivity contribution in [1.29, 1.82) is 0 Å². The first-order valence-corrected chi connectivity index (χ1v) is 13.4. The Morgan fingerprint density at radius 1 is 0.686 bits per heavy atom. The number of hydrogen-bond donors (Lipinski definition) is 0. The highest BCUT2D eigenvalue weighted by Crippen LogP contribution is 2.43. The van der Waals surface area contributed by atoms with E-state index >= 15 is 0 Å². The SMILES string of the molecule is CCCC(=O)Oc1cc(C)c(Sc2cc(C(C)(C)C)c(OC(=O)CCC)cc2C)cc1C(C)(C)C. The van der Waals surface area contributed by atoms with E-state index in [9.17, 15) is 9.59 Å². The molecule has 0 bridgehead atoms. The third kappa shape index (κ3) is 7.86. The van der Waals surface area contributed by atoms with Crippen LogP contribution in [0.5, 0.6) is 11.5 Å². The molecule has 2 rings (SSSR count). The molecule has 192 valence electrons. The number of carbonyl (C=O) groups excluding carboxylic acids is 2. The van der Waals surface area contributed by atoms with E-state index in [1.165, 1.54) is 0 Å². The summed E-state index contributed by atoms with van der Waals surface area (Å²) < 4.78 is 11.5. The fraction of sp³-hybridized carbons (Fsp3) is 0.533. The molecule has 0 fully saturated rings. The van der Waals surface area contributed by atoms with Crippen LogP contribution in [0.25, 0.3) is 0 Å². The lowest BCUT2D eigenvalue weighted by Gasteiger charge is -2.26. The molecule has 0 aliphatic carbocycles. The number of hydrogen-bond acceptors (Lipinski definition) is 5. The average Bonchev–Trinajstić information content (AvgIpc) is 2.70. The molecule has 0 saturated carbocycles. The van der Waals surface area contributed by atoms with Gasteiger partial charge in [-0.15, -0.1) is 0 Å². The molecular weight excluding hydrogens is 456 g/mol. The van der Waals surface area contributed by atoms with Gasteiger partial charge in [0.25, 0.3) is 0 Å². The van der Waals surface area contributed by atoms with Crippen LogP contribution in [0.2, 0.25) is 0 Å². The highest BCUT2D eigenvalue weighted by Gasteiger charge is 2.25. The third-order valence-electron chi connectivity index (χ3n) is 5.75. The first-order valence-electron chi connectivity index (χ1n) is 12.6. The standard InChI is InChI=1S/C30H42O4S/c1-11-13-27(31)33-23-15-19(3)25(17-21(23)29(5,6)7)35-26-18-22(30(8,9)10)24(16-20(26)4)34-28(32)14-12-2/h15-18H,11-14H2,1-10H3. The normalized spacial score (nSPS) is 11.9. The molecule has 0 aliphatic heterocycles. The largest absolute Gasteiger partial charge is 0.426 e. The van der Waals surface area contributed by atoms with Crippen LogP contribution < -0.4 is 9.47 Å². The summed E-state index contributed by atoms with van der Waals surface area (Å²) in [7, 11) is 0. The monoisotopic (exact) mass is 498 g/mol. The summed E-state index contributed by atoms with van der Waals surface area (Å²) >= 11 is 1.70. The zero-order chi connectivity index (χ0) is 26.6. The van der Waals surface area contributed by atoms with Crippen LogP contribution in [-0.2, 0) is 20.4 Å². The van der Waals surface area contributed by atoms with Crippen LogP contribution in [0.15, 0.2) is 34.1 Å². The molecule has 0 aromatic heterocycles. The number of carbonyl (C=O) groups is 2. The third-order valence-corrected chi connectivity index (χ3v) is 7.07. The van der Waals surface area contributed by atoms with Crippen molar-refractivity contribution in [3.63, 3.8) is 0 Å². The Labute approximate surface area is 216 Å². The van der Waals surface area contributed by atoms with Gasteiger partial charge >= 0.3 is 11.9 Å². The lowest BCUT2D eigenvalue weighted by Crippen LogP contribution is -2.17. The van der Waals surface area contributed by atoms with Crippen LogP contribution in [0.4, 0.5) is 0 Å². The Hall–Kier alpha value is -2.27. The first-order chi connectivity index (χ1) is 16.2. The van der Waals surface area contributed by atoms with E-state index in [0.29, 0.717) is 24.3 Å². The number of esters is 2. The Balaban J connectivity index is 2.53. The van der Waals surface area contributed by atoms with Gasteiger partial charge in [0, 0.05) is 33.8 Å². The number of rotatable bonds is 8. The first kappa shape index (κ1) is 29.0. The Kier molecular flexibility index (Phi) is 9.63. The van der Waals surface area contributed by atoms with Crippen molar-refractivity contribution in [1.82, 2.24) is 0 Å². The van der Waals surface area contributed by atoms with E-state index in [1.807, 2.05) is 39.8 Å². The molecule has 0 atom stereocenters. The van der Waals surface area contributed by atoms with Crippen LogP contribution in [-0.4, -0.2) is 11.9 Å². The van der Waals surface area contributed by atoms with E-state index < -0.39 is 0 Å². The van der Waals surface area contributed by atoms with Gasteiger partial charge in [-0.1, -0.05) is 67.2 Å². The van der Waals surface area contributed by atoms with Gasteiger partial charge in [0.2, 0.25) is 0 Å². The summed E-state index contributed by atoms with van der Waals surface area (Å²) in [6.07, 6.45) is 2.33. The Bertz CT molecular complexity index is 986. The minimum atomic E-state index is -0.198. The second kappa shape index (κ2) is 11.6. The number of benzene rings is 2. The Morgan fingerprint density at radius 2 is 1.03 bits per heavy atom. The lowest BCUT2D eigenvalue weighted by molar-refractivity contribution is -0.135. The van der Waals surface area contributed by atoms with Gasteiger partial charge in [-0.25, -0.2) is 0 Å². The van der Waals surface area contributed by atoms with E-state index in [4.69, 9.17) is 9.47 Å². The van der Waals surface area contributed by atoms with Crippen molar-refractivity contribution in [2.24, 2.45) is 0 Å². The maximum absolute atomic E-state index is 12.2. The zero-order valence-corrected chi connectivity index (χ0v) is 24.0. The second-order valence-electron chi connectivity index (χ2n) is 11.3. The van der Waals surface area contributed by atoms with Crippen LogP contribution in [0.1, 0.15) is 103 Å². The predicted molar refractivity (Wildman–Crippen MR) is 145 cm³/mol. The smallest absolute Gasteiger partial charge is 0.311 e. The summed E-state index contributed by atoms with van der Waals surface area (Å²) in [6, 6.07) is 8.27. The van der Waals surface area contributed by atoms with Crippen molar-refractivity contribution in [2.75, 3.05) is 0 Å². The quantitative estimate of drug-likeness (QED) is 0.270. The maximum atomic E-state index is 12.2. The van der Waals surface area contributed by atoms with E-state index in [-0.39, 0.29) is 22.8 Å². The lowest BCUT2D eigenvalue weighted by atomic mass is 9.85. The highest BCUT2D eigenvalue weighted by atomic mass is 32.2. The highest BCUT2D eigenvalue weighted by molar-refractivity contribution is 7.99. The van der Waals surface area contributed by atoms with Crippen molar-refractivity contribution in [3.05, 3.63) is 46.5 Å². The van der Waals surface area contributed by atoms with Gasteiger partial charge in [-0.3, -0.25) is 9.59 Å². The molecule has 0 spiro atoms. The maximum Gasteiger partial charge on any atom is 0.311 e. The fourth-order valence-electron chi connectivity index (χ4n) is 3.76. The van der Waals surface area contributed by atoms with Gasteiger partial charge < -0.3 is 9.47 Å². The fourth-order valence-corrected chi connectivity index (χ4v) is 4.79. The van der Waals surface area contributed by atoms with E-state index in [1.54, 1.807) is 11.8 Å². The molecule has 2 aromatic carbocycles. The number of aryl methyl sites for hydroxylation is 2. The molecule has 35 heavy (non-hydrogen) atoms.